The van der Waals surface area contributed by atoms with Crippen molar-refractivity contribution in [2.24, 2.45) is 0 Å². The molecule has 1 N–H and O–H groups in total. The fourth-order valence-electron chi connectivity index (χ4n) is 2.43. The number of phenolic OH excluding ortho intramolecular Hbond substituents is 1. The molecule has 0 aromatic heterocycles. The fourth-order valence-corrected chi connectivity index (χ4v) is 2.43. The van der Waals surface area contributed by atoms with Crippen molar-refractivity contribution in [1.82, 2.24) is 0 Å². The summed E-state index contributed by atoms with van der Waals surface area (Å²) in [5.41, 5.74) is 2.25. The van der Waals surface area contributed by atoms with Crippen molar-refractivity contribution < 1.29 is 14.7 Å². The Morgan fingerprint density at radius 1 is 0.950 bits per heavy atom. The first kappa shape index (κ1) is 14.0. The van der Waals surface area contributed by atoms with Crippen LogP contribution >= 0.6 is 0 Å². The molecule has 0 radical (unpaired) electrons. The van der Waals surface area contributed by atoms with Gasteiger partial charge >= 0.3 is 0 Å². The molecular formula is C17H16O3. The third kappa shape index (κ3) is 2.35. The van der Waals surface area contributed by atoms with Crippen LogP contribution in [0.1, 0.15) is 44.3 Å². The first-order valence-corrected chi connectivity index (χ1v) is 6.37. The molecule has 2 aromatic rings. The van der Waals surface area contributed by atoms with Gasteiger partial charge in [0.15, 0.2) is 11.6 Å². The van der Waals surface area contributed by atoms with Crippen molar-refractivity contribution in [3.63, 3.8) is 0 Å². The number of hydrogen-bond acceptors (Lipinski definition) is 3. The molecule has 3 heteroatoms. The number of aromatic hydroxyl groups is 1. The van der Waals surface area contributed by atoms with Crippen LogP contribution in [0.25, 0.3) is 0 Å². The molecule has 0 atom stereocenters. The molecule has 0 saturated carbocycles. The van der Waals surface area contributed by atoms with Crippen LogP contribution in [0, 0.1) is 13.8 Å². The Kier molecular flexibility index (Phi) is 3.70. The van der Waals surface area contributed by atoms with Crippen LogP contribution in [0.4, 0.5) is 0 Å². The van der Waals surface area contributed by atoms with E-state index in [0.717, 1.165) is 0 Å². The van der Waals surface area contributed by atoms with Gasteiger partial charge in [-0.25, -0.2) is 0 Å². The lowest BCUT2D eigenvalue weighted by atomic mass is 9.91. The number of rotatable bonds is 3. The van der Waals surface area contributed by atoms with E-state index in [9.17, 15) is 14.7 Å². The molecule has 0 spiro atoms. The van der Waals surface area contributed by atoms with E-state index in [0.29, 0.717) is 16.7 Å². The average Bonchev–Trinajstić information content (AvgIpc) is 2.38. The molecule has 3 nitrogen and oxygen atoms in total. The summed E-state index contributed by atoms with van der Waals surface area (Å²) < 4.78 is 0. The van der Waals surface area contributed by atoms with Gasteiger partial charge in [0.1, 0.15) is 5.75 Å². The molecule has 0 bridgehead atoms. The summed E-state index contributed by atoms with van der Waals surface area (Å²) in [5.74, 6) is -0.742. The third-order valence-corrected chi connectivity index (χ3v) is 3.31. The average molecular weight is 268 g/mol. The first-order valence-electron chi connectivity index (χ1n) is 6.37. The maximum atomic E-state index is 12.5. The highest BCUT2D eigenvalue weighted by Crippen LogP contribution is 2.31. The Labute approximate surface area is 117 Å². The summed E-state index contributed by atoms with van der Waals surface area (Å²) in [6.45, 7) is 4.89. The zero-order chi connectivity index (χ0) is 14.9. The molecule has 0 fully saturated rings. The minimum atomic E-state index is -0.275. The lowest BCUT2D eigenvalue weighted by molar-refractivity contribution is 0.101. The van der Waals surface area contributed by atoms with Crippen LogP contribution in [0.15, 0.2) is 36.4 Å². The van der Waals surface area contributed by atoms with E-state index < -0.39 is 0 Å². The second-order valence-electron chi connectivity index (χ2n) is 4.86. The van der Waals surface area contributed by atoms with E-state index >= 15 is 0 Å². The van der Waals surface area contributed by atoms with Crippen LogP contribution < -0.4 is 0 Å². The summed E-state index contributed by atoms with van der Waals surface area (Å²) in [6, 6.07) is 10.5. The van der Waals surface area contributed by atoms with Crippen molar-refractivity contribution in [3.05, 3.63) is 64.2 Å². The number of carbonyl (C=O) groups excluding carboxylic acids is 2. The second kappa shape index (κ2) is 5.29. The molecule has 0 aliphatic heterocycles. The van der Waals surface area contributed by atoms with E-state index in [1.54, 1.807) is 44.2 Å². The van der Waals surface area contributed by atoms with Gasteiger partial charge in [0.2, 0.25) is 0 Å². The largest absolute Gasteiger partial charge is 0.506 e. The Morgan fingerprint density at radius 2 is 1.50 bits per heavy atom. The summed E-state index contributed by atoms with van der Waals surface area (Å²) in [4.78, 5) is 24.1. The number of hydrogen-bond donors (Lipinski definition) is 1. The number of ketones is 2. The van der Waals surface area contributed by atoms with Gasteiger partial charge < -0.3 is 5.11 Å². The minimum absolute atomic E-state index is 0.201. The van der Waals surface area contributed by atoms with Crippen LogP contribution in [0.2, 0.25) is 0 Å². The van der Waals surface area contributed by atoms with Crippen molar-refractivity contribution >= 4 is 11.6 Å². The predicted octanol–water partition coefficient (Wildman–Crippen LogP) is 3.44. The van der Waals surface area contributed by atoms with Crippen molar-refractivity contribution in [2.75, 3.05) is 0 Å². The highest BCUT2D eigenvalue weighted by Gasteiger charge is 2.22. The smallest absolute Gasteiger partial charge is 0.197 e. The highest BCUT2D eigenvalue weighted by molar-refractivity contribution is 6.14. The van der Waals surface area contributed by atoms with E-state index in [1.807, 2.05) is 6.07 Å². The van der Waals surface area contributed by atoms with Crippen molar-refractivity contribution in [1.29, 1.82) is 0 Å². The number of carbonyl (C=O) groups is 2. The Hall–Kier alpha value is -2.42. The number of phenols is 1. The van der Waals surface area contributed by atoms with Crippen LogP contribution in [-0.4, -0.2) is 16.7 Å². The van der Waals surface area contributed by atoms with E-state index in [4.69, 9.17) is 0 Å². The van der Waals surface area contributed by atoms with Crippen LogP contribution in [-0.2, 0) is 0 Å². The zero-order valence-electron chi connectivity index (χ0n) is 11.7. The number of Topliss-reactive ketones (excluding diaryl/α,β-unsaturated/α-hetero) is 1. The second-order valence-corrected chi connectivity index (χ2v) is 4.86. The fraction of sp³-hybridized carbons (Fsp3) is 0.176. The molecule has 0 heterocycles. The van der Waals surface area contributed by atoms with Crippen molar-refractivity contribution in [3.8, 4) is 5.75 Å². The molecule has 2 aromatic carbocycles. The van der Waals surface area contributed by atoms with Gasteiger partial charge in [-0.3, -0.25) is 9.59 Å². The van der Waals surface area contributed by atoms with Crippen LogP contribution in [0.5, 0.6) is 5.75 Å². The molecule has 0 amide bonds. The van der Waals surface area contributed by atoms with E-state index in [1.165, 1.54) is 6.92 Å². The SMILES string of the molecule is CC(=O)c1c(C)cc(C)c(C(=O)c2ccccc2)c1O. The van der Waals surface area contributed by atoms with Gasteiger partial charge in [0.05, 0.1) is 11.1 Å². The van der Waals surface area contributed by atoms with Gasteiger partial charge in [0, 0.05) is 5.56 Å². The van der Waals surface area contributed by atoms with Gasteiger partial charge in [-0.15, -0.1) is 0 Å². The lowest BCUT2D eigenvalue weighted by Crippen LogP contribution is -2.08. The number of aryl methyl sites for hydroxylation is 2. The summed E-state index contributed by atoms with van der Waals surface area (Å²) >= 11 is 0. The van der Waals surface area contributed by atoms with Crippen LogP contribution in [0.3, 0.4) is 0 Å². The molecule has 0 aliphatic carbocycles. The molecular weight excluding hydrogens is 252 g/mol. The molecule has 0 saturated heterocycles. The lowest BCUT2D eigenvalue weighted by Gasteiger charge is -2.13. The normalized spacial score (nSPS) is 10.3. The van der Waals surface area contributed by atoms with E-state index in [2.05, 4.69) is 0 Å². The molecule has 102 valence electrons. The maximum absolute atomic E-state index is 12.5. The molecule has 0 aliphatic rings. The van der Waals surface area contributed by atoms with Gasteiger partial charge in [-0.2, -0.15) is 0 Å². The first-order chi connectivity index (χ1) is 9.43. The van der Waals surface area contributed by atoms with Gasteiger partial charge in [-0.05, 0) is 31.9 Å². The summed E-state index contributed by atoms with van der Waals surface area (Å²) in [5, 5.41) is 10.3. The maximum Gasteiger partial charge on any atom is 0.197 e. The Balaban J connectivity index is 2.66. The Morgan fingerprint density at radius 3 is 2.05 bits per heavy atom. The molecule has 20 heavy (non-hydrogen) atoms. The van der Waals surface area contributed by atoms with Gasteiger partial charge in [-0.1, -0.05) is 36.4 Å². The zero-order valence-corrected chi connectivity index (χ0v) is 11.7. The van der Waals surface area contributed by atoms with Gasteiger partial charge in [0.25, 0.3) is 0 Å². The third-order valence-electron chi connectivity index (χ3n) is 3.31. The minimum Gasteiger partial charge on any atom is -0.506 e. The quantitative estimate of drug-likeness (QED) is 0.867. The molecule has 2 rings (SSSR count). The topological polar surface area (TPSA) is 54.4 Å². The standard InChI is InChI=1S/C17H16O3/c1-10-9-11(2)15(17(20)14(10)12(3)18)16(19)13-7-5-4-6-8-13/h4-9,20H,1-3H3. The summed E-state index contributed by atoms with van der Waals surface area (Å²) in [7, 11) is 0. The highest BCUT2D eigenvalue weighted by atomic mass is 16.3. The molecule has 0 unspecified atom stereocenters. The van der Waals surface area contributed by atoms with Crippen molar-refractivity contribution in [2.45, 2.75) is 20.8 Å². The van der Waals surface area contributed by atoms with E-state index in [-0.39, 0.29) is 28.4 Å². The summed E-state index contributed by atoms with van der Waals surface area (Å²) in [6.07, 6.45) is 0. The number of benzene rings is 2. The predicted molar refractivity (Wildman–Crippen MR) is 77.5 cm³/mol. The monoisotopic (exact) mass is 268 g/mol. The Bertz CT molecular complexity index is 685.